The summed E-state index contributed by atoms with van der Waals surface area (Å²) in [5.41, 5.74) is 1.39. The number of thiazole rings is 1. The molecule has 0 atom stereocenters. The number of nitrogens with one attached hydrogen (secondary N) is 2. The van der Waals surface area contributed by atoms with Crippen LogP contribution < -0.4 is 5.32 Å². The lowest BCUT2D eigenvalue weighted by Crippen LogP contribution is -2.06. The molecule has 0 spiro atoms. The van der Waals surface area contributed by atoms with Crippen molar-refractivity contribution in [1.82, 2.24) is 15.0 Å². The van der Waals surface area contributed by atoms with Crippen molar-refractivity contribution in [2.45, 2.75) is 6.42 Å². The lowest BCUT2D eigenvalue weighted by Gasteiger charge is -2.00. The number of H-pyrrole nitrogens is 1. The summed E-state index contributed by atoms with van der Waals surface area (Å²) in [6.45, 7) is 0.732. The van der Waals surface area contributed by atoms with Crippen molar-refractivity contribution in [2.75, 3.05) is 19.0 Å². The first-order chi connectivity index (χ1) is 8.29. The molecule has 17 heavy (non-hydrogen) atoms. The van der Waals surface area contributed by atoms with Crippen LogP contribution in [-0.4, -0.2) is 34.6 Å². The number of anilines is 1. The van der Waals surface area contributed by atoms with E-state index >= 15 is 0 Å². The first kappa shape index (κ1) is 11.6. The van der Waals surface area contributed by atoms with E-state index in [-0.39, 0.29) is 0 Å². The first-order valence-electron chi connectivity index (χ1n) is 5.04. The summed E-state index contributed by atoms with van der Waals surface area (Å²) in [4.78, 5) is 22.2. The summed E-state index contributed by atoms with van der Waals surface area (Å²) < 4.78 is 4.58. The molecular weight excluding hydrogens is 240 g/mol. The second kappa shape index (κ2) is 5.44. The molecule has 0 unspecified atom stereocenters. The van der Waals surface area contributed by atoms with Crippen molar-refractivity contribution < 1.29 is 9.53 Å². The van der Waals surface area contributed by atoms with E-state index in [0.29, 0.717) is 10.8 Å². The van der Waals surface area contributed by atoms with Gasteiger partial charge in [-0.2, -0.15) is 0 Å². The Bertz CT molecular complexity index is 480. The number of carbonyl (C=O) groups is 1. The van der Waals surface area contributed by atoms with Crippen LogP contribution in [0, 0.1) is 0 Å². The highest BCUT2D eigenvalue weighted by atomic mass is 32.1. The van der Waals surface area contributed by atoms with Crippen LogP contribution in [0.4, 0.5) is 5.13 Å². The van der Waals surface area contributed by atoms with Crippen molar-refractivity contribution in [3.8, 4) is 0 Å². The van der Waals surface area contributed by atoms with Gasteiger partial charge in [0.15, 0.2) is 10.8 Å². The normalized spacial score (nSPS) is 10.2. The number of methoxy groups -OCH3 is 1. The van der Waals surface area contributed by atoms with Gasteiger partial charge in [-0.05, 0) is 0 Å². The van der Waals surface area contributed by atoms with Gasteiger partial charge in [-0.15, -0.1) is 11.3 Å². The summed E-state index contributed by atoms with van der Waals surface area (Å²) in [5.74, 6) is -0.414. The number of carbonyl (C=O) groups excluding carboxylic acids is 1. The third kappa shape index (κ3) is 3.04. The highest BCUT2D eigenvalue weighted by molar-refractivity contribution is 7.13. The lowest BCUT2D eigenvalue weighted by molar-refractivity contribution is 0.0595. The maximum atomic E-state index is 11.2. The maximum absolute atomic E-state index is 11.2. The molecule has 2 aromatic heterocycles. The standard InChI is InChI=1S/C10H12N4O2S/c1-16-9(15)8-5-17-10(14-8)12-3-2-7-4-11-6-13-7/h4-6H,2-3H2,1H3,(H,11,13)(H,12,14). The van der Waals surface area contributed by atoms with E-state index in [1.165, 1.54) is 18.4 Å². The maximum Gasteiger partial charge on any atom is 0.357 e. The summed E-state index contributed by atoms with van der Waals surface area (Å²) in [6.07, 6.45) is 4.25. The van der Waals surface area contributed by atoms with Crippen molar-refractivity contribution >= 4 is 22.4 Å². The first-order valence-corrected chi connectivity index (χ1v) is 5.92. The van der Waals surface area contributed by atoms with Gasteiger partial charge in [-0.25, -0.2) is 14.8 Å². The molecule has 90 valence electrons. The molecule has 0 bridgehead atoms. The molecule has 7 heteroatoms. The minimum absolute atomic E-state index is 0.335. The zero-order valence-electron chi connectivity index (χ0n) is 9.27. The van der Waals surface area contributed by atoms with Gasteiger partial charge in [0.2, 0.25) is 0 Å². The predicted molar refractivity (Wildman–Crippen MR) is 64.2 cm³/mol. The van der Waals surface area contributed by atoms with Gasteiger partial charge in [0.25, 0.3) is 0 Å². The Labute approximate surface area is 102 Å². The molecule has 0 aliphatic heterocycles. The average Bonchev–Trinajstić information content (AvgIpc) is 2.99. The highest BCUT2D eigenvalue weighted by Crippen LogP contribution is 2.15. The van der Waals surface area contributed by atoms with Gasteiger partial charge in [-0.1, -0.05) is 0 Å². The van der Waals surface area contributed by atoms with Crippen LogP contribution in [0.25, 0.3) is 0 Å². The van der Waals surface area contributed by atoms with Gasteiger partial charge in [-0.3, -0.25) is 0 Å². The van der Waals surface area contributed by atoms with Gasteiger partial charge >= 0.3 is 5.97 Å². The Kier molecular flexibility index (Phi) is 3.71. The second-order valence-corrected chi connectivity index (χ2v) is 4.14. The fraction of sp³-hybridized carbons (Fsp3) is 0.300. The summed E-state index contributed by atoms with van der Waals surface area (Å²) in [5, 5.41) is 5.52. The van der Waals surface area contributed by atoms with E-state index in [1.54, 1.807) is 17.9 Å². The highest BCUT2D eigenvalue weighted by Gasteiger charge is 2.09. The average molecular weight is 252 g/mol. The Morgan fingerprint density at radius 2 is 2.53 bits per heavy atom. The molecule has 2 heterocycles. The van der Waals surface area contributed by atoms with Crippen LogP contribution in [0.3, 0.4) is 0 Å². The molecule has 0 amide bonds. The predicted octanol–water partition coefficient (Wildman–Crippen LogP) is 1.31. The zero-order chi connectivity index (χ0) is 12.1. The van der Waals surface area contributed by atoms with Crippen molar-refractivity contribution in [3.05, 3.63) is 29.3 Å². The quantitative estimate of drug-likeness (QED) is 0.784. The van der Waals surface area contributed by atoms with E-state index in [2.05, 4.69) is 25.0 Å². The SMILES string of the molecule is COC(=O)c1csc(NCCc2cnc[nH]2)n1. The molecule has 0 saturated heterocycles. The van der Waals surface area contributed by atoms with Crippen LogP contribution in [0.1, 0.15) is 16.2 Å². The van der Waals surface area contributed by atoms with Crippen LogP contribution in [-0.2, 0) is 11.2 Å². The molecule has 2 rings (SSSR count). The molecule has 6 nitrogen and oxygen atoms in total. The van der Waals surface area contributed by atoms with Crippen molar-refractivity contribution in [1.29, 1.82) is 0 Å². The second-order valence-electron chi connectivity index (χ2n) is 3.28. The van der Waals surface area contributed by atoms with Crippen LogP contribution in [0.15, 0.2) is 17.9 Å². The third-order valence-electron chi connectivity index (χ3n) is 2.12. The molecule has 0 fully saturated rings. The molecule has 0 radical (unpaired) electrons. The number of esters is 1. The van der Waals surface area contributed by atoms with E-state index in [4.69, 9.17) is 0 Å². The van der Waals surface area contributed by atoms with E-state index in [1.807, 2.05) is 0 Å². The Balaban J connectivity index is 1.83. The molecule has 0 aliphatic carbocycles. The van der Waals surface area contributed by atoms with Crippen LogP contribution in [0.5, 0.6) is 0 Å². The molecule has 2 aromatic rings. The molecule has 0 saturated carbocycles. The number of aromatic amines is 1. The van der Waals surface area contributed by atoms with Crippen LogP contribution >= 0.6 is 11.3 Å². The van der Waals surface area contributed by atoms with Gasteiger partial charge in [0.1, 0.15) is 0 Å². The summed E-state index contributed by atoms with van der Waals surface area (Å²) in [7, 11) is 1.34. The third-order valence-corrected chi connectivity index (χ3v) is 2.92. The number of ether oxygens (including phenoxy) is 1. The van der Waals surface area contributed by atoms with E-state index < -0.39 is 5.97 Å². The van der Waals surface area contributed by atoms with E-state index in [0.717, 1.165) is 18.7 Å². The molecular formula is C10H12N4O2S. The van der Waals surface area contributed by atoms with Crippen molar-refractivity contribution in [3.63, 3.8) is 0 Å². The molecule has 0 aliphatic rings. The minimum Gasteiger partial charge on any atom is -0.464 e. The fourth-order valence-electron chi connectivity index (χ4n) is 1.28. The number of hydrogen-bond acceptors (Lipinski definition) is 6. The van der Waals surface area contributed by atoms with Gasteiger partial charge in [0, 0.05) is 30.2 Å². The number of hydrogen-bond donors (Lipinski definition) is 2. The van der Waals surface area contributed by atoms with Crippen molar-refractivity contribution in [2.24, 2.45) is 0 Å². The van der Waals surface area contributed by atoms with Gasteiger partial charge in [0.05, 0.1) is 13.4 Å². The summed E-state index contributed by atoms with van der Waals surface area (Å²) in [6, 6.07) is 0. The van der Waals surface area contributed by atoms with E-state index in [9.17, 15) is 4.79 Å². The Morgan fingerprint density at radius 3 is 3.24 bits per heavy atom. The summed E-state index contributed by atoms with van der Waals surface area (Å²) >= 11 is 1.38. The minimum atomic E-state index is -0.414. The Morgan fingerprint density at radius 1 is 1.65 bits per heavy atom. The lowest BCUT2D eigenvalue weighted by atomic mass is 10.3. The number of aromatic nitrogens is 3. The fourth-order valence-corrected chi connectivity index (χ4v) is 1.99. The molecule has 2 N–H and O–H groups in total. The number of imidazole rings is 1. The van der Waals surface area contributed by atoms with Gasteiger partial charge < -0.3 is 15.0 Å². The molecule has 0 aromatic carbocycles. The Hall–Kier alpha value is -1.89. The monoisotopic (exact) mass is 252 g/mol. The topological polar surface area (TPSA) is 79.9 Å². The number of rotatable bonds is 5. The smallest absolute Gasteiger partial charge is 0.357 e. The largest absolute Gasteiger partial charge is 0.464 e. The van der Waals surface area contributed by atoms with Crippen LogP contribution in [0.2, 0.25) is 0 Å². The number of nitrogens with zero attached hydrogens (tertiary/aromatic N) is 2. The zero-order valence-corrected chi connectivity index (χ0v) is 10.1.